The Bertz CT molecular complexity index is 5470. The lowest BCUT2D eigenvalue weighted by Crippen LogP contribution is -2.19. The van der Waals surface area contributed by atoms with Crippen LogP contribution in [0.4, 0.5) is 68.2 Å². The number of anilines is 12. The highest BCUT2D eigenvalue weighted by Gasteiger charge is 2.34. The molecule has 16 rings (SSSR count). The van der Waals surface area contributed by atoms with Crippen LogP contribution < -0.4 is 19.6 Å². The van der Waals surface area contributed by atoms with Gasteiger partial charge in [0, 0.05) is 55.1 Å². The number of hydrogen-bond acceptors (Lipinski definition) is 4. The Kier molecular flexibility index (Phi) is 17.3. The van der Waals surface area contributed by atoms with Gasteiger partial charge in [0.1, 0.15) is 0 Å². The second-order valence-electron chi connectivity index (χ2n) is 35.0. The average molecular weight is 1410 g/mol. The number of aryl methyl sites for hydroxylation is 8. The normalized spacial score (nSPS) is 12.4. The van der Waals surface area contributed by atoms with E-state index in [1.807, 2.05) is 0 Å². The van der Waals surface area contributed by atoms with E-state index in [2.05, 4.69) is 413 Å². The lowest BCUT2D eigenvalue weighted by Gasteiger charge is -2.37. The van der Waals surface area contributed by atoms with Gasteiger partial charge < -0.3 is 19.6 Å². The van der Waals surface area contributed by atoms with Gasteiger partial charge in [0.2, 0.25) is 0 Å². The molecule has 0 unspecified atom stereocenters. The molecule has 0 aromatic heterocycles. The van der Waals surface area contributed by atoms with Crippen molar-refractivity contribution >= 4 is 144 Å². The summed E-state index contributed by atoms with van der Waals surface area (Å²) in [5, 5.41) is 16.8. The predicted molar refractivity (Wildman–Crippen MR) is 472 cm³/mol. The zero-order chi connectivity index (χ0) is 75.9. The van der Waals surface area contributed by atoms with Crippen LogP contribution in [-0.4, -0.2) is 0 Å². The first-order chi connectivity index (χ1) is 51.4. The molecule has 0 aliphatic carbocycles. The molecule has 4 heteroatoms. The fourth-order valence-corrected chi connectivity index (χ4v) is 17.8. The SMILES string of the molecule is Cc1cc2ccccc2c(C)c1N(c1ccc(C(C)(C)C)cc1)c1cc(N(c2ccc(C(C)(C)C)cc2)c2c(C)cc3ccccc3c2C)c2ccc3c(N(c4ccc(C(C)(C)C)cc4)c4c(C)cc5ccccc5c4C)cc(N(c4ccc(C(C)(C)C)cc4)c4c(C)cc5ccccc5c4C)c4ccc1c2c43. The van der Waals surface area contributed by atoms with Crippen molar-refractivity contribution < 1.29 is 0 Å². The summed E-state index contributed by atoms with van der Waals surface area (Å²) in [7, 11) is 0. The first-order valence-electron chi connectivity index (χ1n) is 38.8. The number of hydrogen-bond donors (Lipinski definition) is 0. The summed E-state index contributed by atoms with van der Waals surface area (Å²) in [6.07, 6.45) is 0. The van der Waals surface area contributed by atoms with Gasteiger partial charge in [-0.2, -0.15) is 0 Å². The van der Waals surface area contributed by atoms with E-state index in [-0.39, 0.29) is 21.7 Å². The van der Waals surface area contributed by atoms with Crippen molar-refractivity contribution in [1.29, 1.82) is 0 Å². The molecule has 0 saturated carbocycles. The van der Waals surface area contributed by atoms with Crippen LogP contribution in [0.2, 0.25) is 0 Å². The average Bonchev–Trinajstić information content (AvgIpc) is 0.694. The van der Waals surface area contributed by atoms with Gasteiger partial charge in [-0.05, 0) is 272 Å². The molecular weight excluding hydrogens is 1310 g/mol. The van der Waals surface area contributed by atoms with Crippen LogP contribution in [0.3, 0.4) is 0 Å². The summed E-state index contributed by atoms with van der Waals surface area (Å²) in [5.74, 6) is 0. The van der Waals surface area contributed by atoms with Crippen LogP contribution in [0.15, 0.2) is 255 Å². The minimum absolute atomic E-state index is 0.0782. The van der Waals surface area contributed by atoms with E-state index in [9.17, 15) is 0 Å². The fraction of sp³-hybridized carbons (Fsp3) is 0.231. The van der Waals surface area contributed by atoms with Gasteiger partial charge in [-0.15, -0.1) is 0 Å². The van der Waals surface area contributed by atoms with Crippen molar-refractivity contribution in [3.05, 3.63) is 322 Å². The van der Waals surface area contributed by atoms with E-state index in [0.717, 1.165) is 89.8 Å². The molecule has 16 aromatic carbocycles. The summed E-state index contributed by atoms with van der Waals surface area (Å²) in [6.45, 7) is 46.5. The highest BCUT2D eigenvalue weighted by Crippen LogP contribution is 2.58. The molecule has 0 N–H and O–H groups in total. The molecule has 0 aliphatic heterocycles. The van der Waals surface area contributed by atoms with Gasteiger partial charge in [-0.3, -0.25) is 0 Å². The van der Waals surface area contributed by atoms with Gasteiger partial charge >= 0.3 is 0 Å². The molecule has 0 atom stereocenters. The molecule has 538 valence electrons. The Balaban J connectivity index is 1.15. The molecular formula is C104H102N4. The second-order valence-corrected chi connectivity index (χ2v) is 35.0. The number of nitrogens with zero attached hydrogens (tertiary/aromatic N) is 4. The second kappa shape index (κ2) is 26.3. The summed E-state index contributed by atoms with van der Waals surface area (Å²) < 4.78 is 0. The summed E-state index contributed by atoms with van der Waals surface area (Å²) in [5.41, 5.74) is 27.9. The van der Waals surface area contributed by atoms with Crippen LogP contribution in [0.5, 0.6) is 0 Å². The van der Waals surface area contributed by atoms with Crippen LogP contribution in [0, 0.1) is 55.4 Å². The Morgan fingerprint density at radius 3 is 0.565 bits per heavy atom. The van der Waals surface area contributed by atoms with Gasteiger partial charge in [0.15, 0.2) is 0 Å². The lowest BCUT2D eigenvalue weighted by molar-refractivity contribution is 0.590. The third kappa shape index (κ3) is 12.1. The van der Waals surface area contributed by atoms with Crippen molar-refractivity contribution in [1.82, 2.24) is 0 Å². The molecule has 0 fully saturated rings. The van der Waals surface area contributed by atoms with Crippen molar-refractivity contribution in [2.45, 2.75) is 160 Å². The third-order valence-corrected chi connectivity index (χ3v) is 23.5. The van der Waals surface area contributed by atoms with Gasteiger partial charge in [-0.1, -0.05) is 253 Å². The lowest BCUT2D eigenvalue weighted by atomic mass is 9.86. The van der Waals surface area contributed by atoms with E-state index < -0.39 is 0 Å². The third-order valence-electron chi connectivity index (χ3n) is 23.5. The first kappa shape index (κ1) is 71.1. The van der Waals surface area contributed by atoms with E-state index in [0.29, 0.717) is 0 Å². The van der Waals surface area contributed by atoms with E-state index in [1.54, 1.807) is 0 Å². The van der Waals surface area contributed by atoms with Crippen LogP contribution in [0.1, 0.15) is 150 Å². The molecule has 0 aliphatic rings. The fourth-order valence-electron chi connectivity index (χ4n) is 17.8. The summed E-state index contributed by atoms with van der Waals surface area (Å²) in [6, 6.07) is 98.6. The maximum absolute atomic E-state index is 2.64. The van der Waals surface area contributed by atoms with Crippen LogP contribution in [0.25, 0.3) is 75.4 Å². The zero-order valence-corrected chi connectivity index (χ0v) is 67.0. The maximum atomic E-state index is 2.64. The number of rotatable bonds is 12. The molecule has 16 aromatic rings. The van der Waals surface area contributed by atoms with Gasteiger partial charge in [0.05, 0.1) is 45.5 Å². The Morgan fingerprint density at radius 1 is 0.194 bits per heavy atom. The smallest absolute Gasteiger partial charge is 0.0561 e. The molecule has 0 heterocycles. The minimum atomic E-state index is -0.0782. The monoisotopic (exact) mass is 1410 g/mol. The van der Waals surface area contributed by atoms with Gasteiger partial charge in [0.25, 0.3) is 0 Å². The standard InChI is InChI=1S/C104H102N4/c1-63-57-71-29-21-25-33-83(71)67(5)97(63)105(79-45-37-75(38-46-79)101(9,10)11)91-61-92(106(80-47-39-76(40-48-80)102(12,13)14)98-64(2)58-72-30-22-26-34-84(72)68(98)6)88-55-56-90-94(108(82-51-43-78(44-52-82)104(18,19)20)100-66(4)60-74-32-24-28-36-86(74)70(100)8)62-93(89-54-53-87(91)95(88)96(89)90)107(81-49-41-77(42-50-81)103(15,16)17)99-65(3)59-73-31-23-27-35-85(73)69(99)7/h21-62H,1-20H3. The van der Waals surface area contributed by atoms with E-state index in [4.69, 9.17) is 0 Å². The quantitative estimate of drug-likeness (QED) is 0.113. The topological polar surface area (TPSA) is 13.0 Å². The van der Waals surface area contributed by atoms with Gasteiger partial charge in [-0.25, -0.2) is 0 Å². The predicted octanol–water partition coefficient (Wildman–Crippen LogP) is 30.7. The number of benzene rings is 16. The van der Waals surface area contributed by atoms with Crippen LogP contribution >= 0.6 is 0 Å². The van der Waals surface area contributed by atoms with Crippen molar-refractivity contribution in [2.75, 3.05) is 19.6 Å². The Labute approximate surface area is 640 Å². The number of fused-ring (bicyclic) bond motifs is 4. The van der Waals surface area contributed by atoms with E-state index >= 15 is 0 Å². The van der Waals surface area contributed by atoms with Crippen molar-refractivity contribution in [3.8, 4) is 0 Å². The Morgan fingerprint density at radius 2 is 0.380 bits per heavy atom. The van der Waals surface area contributed by atoms with Crippen molar-refractivity contribution in [3.63, 3.8) is 0 Å². The van der Waals surface area contributed by atoms with Crippen molar-refractivity contribution in [2.24, 2.45) is 0 Å². The van der Waals surface area contributed by atoms with Crippen LogP contribution in [-0.2, 0) is 21.7 Å². The highest BCUT2D eigenvalue weighted by molar-refractivity contribution is 6.33. The molecule has 0 radical (unpaired) electrons. The Hall–Kier alpha value is -11.2. The van der Waals surface area contributed by atoms with E-state index in [1.165, 1.54) is 121 Å². The maximum Gasteiger partial charge on any atom is 0.0561 e. The molecule has 0 bridgehead atoms. The first-order valence-corrected chi connectivity index (χ1v) is 38.8. The summed E-state index contributed by atoms with van der Waals surface area (Å²) >= 11 is 0. The molecule has 4 nitrogen and oxygen atoms in total. The molecule has 0 spiro atoms. The molecule has 0 amide bonds. The minimum Gasteiger partial charge on any atom is -0.309 e. The molecule has 108 heavy (non-hydrogen) atoms. The zero-order valence-electron chi connectivity index (χ0n) is 67.0. The summed E-state index contributed by atoms with van der Waals surface area (Å²) in [4.78, 5) is 10.5. The molecule has 0 saturated heterocycles. The highest BCUT2D eigenvalue weighted by atomic mass is 15.2. The largest absolute Gasteiger partial charge is 0.309 e.